The van der Waals surface area contributed by atoms with Crippen LogP contribution in [0.2, 0.25) is 0 Å². The van der Waals surface area contributed by atoms with E-state index in [0.29, 0.717) is 5.56 Å². The first-order valence-corrected chi connectivity index (χ1v) is 10.0. The molecule has 0 aliphatic heterocycles. The number of amides is 1. The molecule has 0 atom stereocenters. The van der Waals surface area contributed by atoms with Crippen LogP contribution in [0.25, 0.3) is 16.2 Å². The van der Waals surface area contributed by atoms with Gasteiger partial charge in [0.15, 0.2) is 0 Å². The third kappa shape index (κ3) is 4.41. The van der Waals surface area contributed by atoms with Crippen molar-refractivity contribution >= 4 is 27.3 Å². The Hall–Kier alpha value is -3.30. The lowest BCUT2D eigenvalue weighted by Gasteiger charge is -2.04. The summed E-state index contributed by atoms with van der Waals surface area (Å²) in [7, 11) is 0. The molecule has 1 amide bonds. The van der Waals surface area contributed by atoms with E-state index in [0.717, 1.165) is 40.0 Å². The lowest BCUT2D eigenvalue weighted by molar-refractivity contribution is 0.0945. The number of aliphatic hydroxyl groups is 1. The van der Waals surface area contributed by atoms with Crippen LogP contribution < -0.4 is 10.6 Å². The highest BCUT2D eigenvalue weighted by molar-refractivity contribution is 7.20. The fraction of sp³-hybridized carbons (Fsp3) is 0.200. The van der Waals surface area contributed by atoms with Crippen LogP contribution >= 0.6 is 11.3 Å². The SMILES string of the molecule is O=C(NCCO)c1ccc(-c2cnc3sc(NCCc4ccccn4)nn23)cc1. The second kappa shape index (κ2) is 8.80. The number of nitrogens with one attached hydrogen (secondary N) is 2. The molecule has 4 rings (SSSR count). The number of anilines is 1. The van der Waals surface area contributed by atoms with E-state index in [-0.39, 0.29) is 19.1 Å². The summed E-state index contributed by atoms with van der Waals surface area (Å²) in [6.07, 6.45) is 4.38. The summed E-state index contributed by atoms with van der Waals surface area (Å²) in [5, 5.41) is 20.2. The number of aromatic nitrogens is 4. The number of hydrogen-bond donors (Lipinski definition) is 3. The van der Waals surface area contributed by atoms with Crippen molar-refractivity contribution in [2.45, 2.75) is 6.42 Å². The Balaban J connectivity index is 1.45. The average Bonchev–Trinajstić information content (AvgIpc) is 3.33. The molecule has 3 heterocycles. The summed E-state index contributed by atoms with van der Waals surface area (Å²) < 4.78 is 1.80. The van der Waals surface area contributed by atoms with Crippen LogP contribution in [0.3, 0.4) is 0 Å². The highest BCUT2D eigenvalue weighted by Crippen LogP contribution is 2.26. The predicted octanol–water partition coefficient (Wildman–Crippen LogP) is 2.23. The number of aliphatic hydroxyl groups excluding tert-OH is 1. The van der Waals surface area contributed by atoms with E-state index in [1.54, 1.807) is 29.0 Å². The fourth-order valence-corrected chi connectivity index (χ4v) is 3.67. The number of imidazole rings is 1. The van der Waals surface area contributed by atoms with Crippen molar-refractivity contribution in [3.05, 3.63) is 66.1 Å². The van der Waals surface area contributed by atoms with E-state index < -0.39 is 0 Å². The maximum atomic E-state index is 12.0. The number of rotatable bonds is 8. The van der Waals surface area contributed by atoms with Crippen molar-refractivity contribution in [3.8, 4) is 11.3 Å². The number of pyridine rings is 1. The second-order valence-electron chi connectivity index (χ2n) is 6.30. The van der Waals surface area contributed by atoms with Crippen LogP contribution in [0.4, 0.5) is 5.13 Å². The largest absolute Gasteiger partial charge is 0.395 e. The van der Waals surface area contributed by atoms with Crippen LogP contribution in [-0.2, 0) is 6.42 Å². The first kappa shape index (κ1) is 19.0. The van der Waals surface area contributed by atoms with Crippen molar-refractivity contribution in [1.29, 1.82) is 0 Å². The second-order valence-corrected chi connectivity index (χ2v) is 7.26. The zero-order chi connectivity index (χ0) is 20.1. The molecular formula is C20H20N6O2S. The molecule has 0 saturated heterocycles. The van der Waals surface area contributed by atoms with Gasteiger partial charge in [0.05, 0.1) is 18.5 Å². The molecule has 8 nitrogen and oxygen atoms in total. The van der Waals surface area contributed by atoms with E-state index in [9.17, 15) is 4.79 Å². The van der Waals surface area contributed by atoms with Crippen molar-refractivity contribution in [2.24, 2.45) is 0 Å². The number of hydrogen-bond acceptors (Lipinski definition) is 7. The summed E-state index contributed by atoms with van der Waals surface area (Å²) in [4.78, 5) is 21.5. The maximum absolute atomic E-state index is 12.0. The zero-order valence-corrected chi connectivity index (χ0v) is 16.4. The Kier molecular flexibility index (Phi) is 5.78. The van der Waals surface area contributed by atoms with Crippen LogP contribution in [0.15, 0.2) is 54.9 Å². The van der Waals surface area contributed by atoms with E-state index in [2.05, 4.69) is 25.7 Å². The van der Waals surface area contributed by atoms with Gasteiger partial charge < -0.3 is 15.7 Å². The van der Waals surface area contributed by atoms with Gasteiger partial charge >= 0.3 is 0 Å². The van der Waals surface area contributed by atoms with Gasteiger partial charge in [-0.1, -0.05) is 29.5 Å². The van der Waals surface area contributed by atoms with Crippen LogP contribution in [0, 0.1) is 0 Å². The Bertz CT molecular complexity index is 1090. The third-order valence-corrected chi connectivity index (χ3v) is 5.19. The van der Waals surface area contributed by atoms with Crippen molar-refractivity contribution < 1.29 is 9.90 Å². The summed E-state index contributed by atoms with van der Waals surface area (Å²) in [5.74, 6) is -0.211. The summed E-state index contributed by atoms with van der Waals surface area (Å²) in [5.41, 5.74) is 3.35. The van der Waals surface area contributed by atoms with Gasteiger partial charge in [0.1, 0.15) is 0 Å². The highest BCUT2D eigenvalue weighted by atomic mass is 32.1. The molecule has 3 aromatic heterocycles. The Labute approximate surface area is 171 Å². The monoisotopic (exact) mass is 408 g/mol. The minimum Gasteiger partial charge on any atom is -0.395 e. The van der Waals surface area contributed by atoms with E-state index in [4.69, 9.17) is 5.11 Å². The fourth-order valence-electron chi connectivity index (χ4n) is 2.87. The van der Waals surface area contributed by atoms with Gasteiger partial charge in [0.25, 0.3) is 5.91 Å². The number of carbonyl (C=O) groups is 1. The van der Waals surface area contributed by atoms with Gasteiger partial charge in [-0.3, -0.25) is 9.78 Å². The van der Waals surface area contributed by atoms with E-state index >= 15 is 0 Å². The Morgan fingerprint density at radius 2 is 1.97 bits per heavy atom. The molecule has 148 valence electrons. The molecule has 0 spiro atoms. The van der Waals surface area contributed by atoms with E-state index in [1.165, 1.54) is 11.3 Å². The average molecular weight is 408 g/mol. The molecule has 0 bridgehead atoms. The van der Waals surface area contributed by atoms with Gasteiger partial charge in [-0.25, -0.2) is 9.50 Å². The molecule has 9 heteroatoms. The Morgan fingerprint density at radius 1 is 1.10 bits per heavy atom. The van der Waals surface area contributed by atoms with Gasteiger partial charge in [0, 0.05) is 42.5 Å². The summed E-state index contributed by atoms with van der Waals surface area (Å²) in [6, 6.07) is 13.1. The number of nitrogens with zero attached hydrogens (tertiary/aromatic N) is 4. The van der Waals surface area contributed by atoms with Crippen LogP contribution in [-0.4, -0.2) is 50.3 Å². The highest BCUT2D eigenvalue weighted by Gasteiger charge is 2.12. The minimum atomic E-state index is -0.211. The smallest absolute Gasteiger partial charge is 0.251 e. The molecule has 0 saturated carbocycles. The Morgan fingerprint density at radius 3 is 2.72 bits per heavy atom. The molecule has 0 fully saturated rings. The van der Waals surface area contributed by atoms with Gasteiger partial charge in [-0.15, -0.1) is 5.10 Å². The molecule has 0 aliphatic rings. The van der Waals surface area contributed by atoms with Gasteiger partial charge in [-0.2, -0.15) is 0 Å². The minimum absolute atomic E-state index is 0.0836. The first-order valence-electron chi connectivity index (χ1n) is 9.22. The lowest BCUT2D eigenvalue weighted by atomic mass is 10.1. The van der Waals surface area contributed by atoms with Crippen molar-refractivity contribution in [3.63, 3.8) is 0 Å². The molecule has 29 heavy (non-hydrogen) atoms. The van der Waals surface area contributed by atoms with Crippen LogP contribution in [0.1, 0.15) is 16.1 Å². The molecule has 0 unspecified atom stereocenters. The van der Waals surface area contributed by atoms with Gasteiger partial charge in [-0.05, 0) is 24.3 Å². The third-order valence-electron chi connectivity index (χ3n) is 4.31. The number of benzene rings is 1. The molecule has 3 N–H and O–H groups in total. The molecule has 0 radical (unpaired) electrons. The van der Waals surface area contributed by atoms with Crippen molar-refractivity contribution in [2.75, 3.05) is 25.0 Å². The molecular weight excluding hydrogens is 388 g/mol. The first-order chi connectivity index (χ1) is 14.2. The molecule has 0 aliphatic carbocycles. The topological polar surface area (TPSA) is 104 Å². The zero-order valence-electron chi connectivity index (χ0n) is 15.6. The number of fused-ring (bicyclic) bond motifs is 1. The maximum Gasteiger partial charge on any atom is 0.251 e. The van der Waals surface area contributed by atoms with Crippen molar-refractivity contribution in [1.82, 2.24) is 24.9 Å². The summed E-state index contributed by atoms with van der Waals surface area (Å²) >= 11 is 1.49. The van der Waals surface area contributed by atoms with E-state index in [1.807, 2.05) is 30.3 Å². The number of carbonyl (C=O) groups excluding carboxylic acids is 1. The normalized spacial score (nSPS) is 10.9. The lowest BCUT2D eigenvalue weighted by Crippen LogP contribution is -2.26. The standard InChI is InChI=1S/C20H20N6O2S/c27-12-11-22-18(28)15-6-4-14(5-7-15)17-13-24-20-26(17)25-19(29-20)23-10-8-16-3-1-2-9-21-16/h1-7,9,13,27H,8,10-12H2,(H,22,28)(H,23,25). The summed E-state index contributed by atoms with van der Waals surface area (Å²) in [6.45, 7) is 0.888. The predicted molar refractivity (Wildman–Crippen MR) is 112 cm³/mol. The van der Waals surface area contributed by atoms with Gasteiger partial charge in [0.2, 0.25) is 10.1 Å². The molecule has 1 aromatic carbocycles. The van der Waals surface area contributed by atoms with Crippen LogP contribution in [0.5, 0.6) is 0 Å². The quantitative estimate of drug-likeness (QED) is 0.413. The molecule has 4 aromatic rings.